The highest BCUT2D eigenvalue weighted by Crippen LogP contribution is 2.29. The number of aliphatic hydroxyl groups is 1. The number of aliphatic hydroxyl groups excluding tert-OH is 1. The minimum Gasteiger partial charge on any atom is -0.465 e. The molecule has 0 spiro atoms. The van der Waals surface area contributed by atoms with Crippen molar-refractivity contribution in [2.24, 2.45) is 0 Å². The predicted molar refractivity (Wildman–Crippen MR) is 92.5 cm³/mol. The first-order valence-corrected chi connectivity index (χ1v) is 8.13. The fraction of sp³-hybridized carbons (Fsp3) is 0.357. The number of halogens is 1. The second kappa shape index (κ2) is 6.76. The molecule has 0 atom stereocenters. The molecule has 0 radical (unpaired) electrons. The van der Waals surface area contributed by atoms with E-state index in [2.05, 4.69) is 36.2 Å². The molecule has 3 heterocycles. The van der Waals surface area contributed by atoms with Gasteiger partial charge in [0.2, 0.25) is 0 Å². The van der Waals surface area contributed by atoms with Gasteiger partial charge in [0, 0.05) is 30.8 Å². The normalized spacial score (nSPS) is 14.3. The van der Waals surface area contributed by atoms with E-state index in [0.29, 0.717) is 34.5 Å². The van der Waals surface area contributed by atoms with Crippen LogP contribution in [0.1, 0.15) is 0 Å². The summed E-state index contributed by atoms with van der Waals surface area (Å²) in [4.78, 5) is 38.6. The highest BCUT2D eigenvalue weighted by atomic mass is 79.9. The molecule has 2 aromatic rings. The fourth-order valence-electron chi connectivity index (χ4n) is 2.42. The average molecular weight is 411 g/mol. The molecule has 0 unspecified atom stereocenters. The van der Waals surface area contributed by atoms with Crippen LogP contribution >= 0.6 is 15.9 Å². The summed E-state index contributed by atoms with van der Waals surface area (Å²) in [5.74, 6) is -0.0281. The van der Waals surface area contributed by atoms with Gasteiger partial charge in [-0.2, -0.15) is 0 Å². The van der Waals surface area contributed by atoms with E-state index in [0.717, 1.165) is 0 Å². The van der Waals surface area contributed by atoms with Crippen LogP contribution in [0.15, 0.2) is 16.7 Å². The first kappa shape index (κ1) is 17.3. The number of nitrogens with one attached hydrogen (secondary N) is 1. The molecule has 2 amide bonds. The van der Waals surface area contributed by atoms with Crippen LogP contribution in [0.4, 0.5) is 16.4 Å². The van der Waals surface area contributed by atoms with E-state index in [1.165, 1.54) is 11.9 Å². The number of hydrogen-bond donors (Lipinski definition) is 3. The van der Waals surface area contributed by atoms with Gasteiger partial charge in [-0.25, -0.2) is 19.7 Å². The summed E-state index contributed by atoms with van der Waals surface area (Å²) in [6.07, 6.45) is 0.582. The number of carboxylic acid groups (broad SMARTS) is 1. The van der Waals surface area contributed by atoms with Crippen molar-refractivity contribution in [2.75, 3.05) is 37.0 Å². The smallest absolute Gasteiger partial charge is 0.407 e. The van der Waals surface area contributed by atoms with Gasteiger partial charge in [0.05, 0.1) is 6.04 Å². The summed E-state index contributed by atoms with van der Waals surface area (Å²) in [6.45, 7) is 0.156. The zero-order valence-corrected chi connectivity index (χ0v) is 14.8. The van der Waals surface area contributed by atoms with Gasteiger partial charge in [-0.3, -0.25) is 4.79 Å². The van der Waals surface area contributed by atoms with Crippen molar-refractivity contribution in [3.63, 3.8) is 0 Å². The van der Waals surface area contributed by atoms with Crippen LogP contribution in [0.2, 0.25) is 0 Å². The van der Waals surface area contributed by atoms with Crippen molar-refractivity contribution in [2.45, 2.75) is 6.04 Å². The minimum atomic E-state index is -1.01. The van der Waals surface area contributed by atoms with Gasteiger partial charge in [-0.05, 0) is 22.0 Å². The molecule has 132 valence electrons. The van der Waals surface area contributed by atoms with Gasteiger partial charge in [0.25, 0.3) is 5.91 Å². The van der Waals surface area contributed by atoms with Gasteiger partial charge >= 0.3 is 6.09 Å². The van der Waals surface area contributed by atoms with Gasteiger partial charge in [0.1, 0.15) is 12.1 Å². The number of hydrogen-bond acceptors (Lipinski definition) is 7. The summed E-state index contributed by atoms with van der Waals surface area (Å²) in [5, 5.41) is 20.5. The van der Waals surface area contributed by atoms with Crippen LogP contribution in [0.5, 0.6) is 0 Å². The summed E-state index contributed by atoms with van der Waals surface area (Å²) in [6, 6.07) is 1.54. The van der Waals surface area contributed by atoms with Gasteiger partial charge in [-0.15, -0.1) is 0 Å². The average Bonchev–Trinajstić information content (AvgIpc) is 2.53. The van der Waals surface area contributed by atoms with E-state index in [9.17, 15) is 9.59 Å². The van der Waals surface area contributed by atoms with E-state index in [4.69, 9.17) is 10.2 Å². The van der Waals surface area contributed by atoms with Crippen LogP contribution in [0, 0.1) is 0 Å². The van der Waals surface area contributed by atoms with Crippen molar-refractivity contribution in [1.29, 1.82) is 0 Å². The molecular formula is C14H15BrN6O4. The molecule has 1 aliphatic heterocycles. The Labute approximate surface area is 150 Å². The zero-order chi connectivity index (χ0) is 18.1. The Balaban J connectivity index is 1.93. The molecule has 0 bridgehead atoms. The van der Waals surface area contributed by atoms with E-state index in [1.54, 1.807) is 17.2 Å². The number of pyridine rings is 1. The van der Waals surface area contributed by atoms with E-state index in [-0.39, 0.29) is 11.9 Å². The highest BCUT2D eigenvalue weighted by molar-refractivity contribution is 9.10. The lowest BCUT2D eigenvalue weighted by atomic mass is 10.1. The number of anilines is 2. The Hall–Kier alpha value is -2.53. The number of aromatic nitrogens is 3. The SMILES string of the molecule is CN(C(=O)O)C1CN(c2nc3ncc(Br)cc3nc2NC(=O)CO)C1. The minimum absolute atomic E-state index is 0.172. The number of fused-ring (bicyclic) bond motifs is 1. The number of likely N-dealkylation sites (N-methyl/N-ethyl adjacent to an activating group) is 1. The summed E-state index contributed by atoms with van der Waals surface area (Å²) in [5.41, 5.74) is 0.876. The Morgan fingerprint density at radius 2 is 2.16 bits per heavy atom. The molecule has 1 fully saturated rings. The van der Waals surface area contributed by atoms with Gasteiger partial charge < -0.3 is 25.3 Å². The Bertz CT molecular complexity index is 841. The predicted octanol–water partition coefficient (Wildman–Crippen LogP) is 0.516. The van der Waals surface area contributed by atoms with Crippen molar-refractivity contribution in [1.82, 2.24) is 19.9 Å². The molecule has 1 aliphatic rings. The first-order chi connectivity index (χ1) is 11.9. The van der Waals surface area contributed by atoms with Crippen molar-refractivity contribution in [3.05, 3.63) is 16.7 Å². The molecule has 0 aliphatic carbocycles. The summed E-state index contributed by atoms with van der Waals surface area (Å²) < 4.78 is 0.716. The first-order valence-electron chi connectivity index (χ1n) is 7.33. The number of carbonyl (C=O) groups is 2. The maximum Gasteiger partial charge on any atom is 0.407 e. The van der Waals surface area contributed by atoms with Crippen molar-refractivity contribution >= 4 is 50.7 Å². The maximum absolute atomic E-state index is 11.6. The maximum atomic E-state index is 11.6. The van der Waals surface area contributed by atoms with E-state index in [1.807, 2.05) is 0 Å². The standard InChI is InChI=1S/C14H15BrN6O4/c1-20(14(24)25)8-4-21(5-8)13-12(18-10(23)6-22)17-9-2-7(15)3-16-11(9)19-13/h2-3,8,22H,4-6H2,1H3,(H,24,25)(H,17,18,23). The number of amides is 2. The Morgan fingerprint density at radius 1 is 1.44 bits per heavy atom. The van der Waals surface area contributed by atoms with Crippen LogP contribution in [0.3, 0.4) is 0 Å². The van der Waals surface area contributed by atoms with Crippen LogP contribution in [0.25, 0.3) is 11.2 Å². The molecular weight excluding hydrogens is 396 g/mol. The molecule has 1 saturated heterocycles. The molecule has 11 heteroatoms. The lowest BCUT2D eigenvalue weighted by molar-refractivity contribution is -0.118. The lowest BCUT2D eigenvalue weighted by Gasteiger charge is -2.43. The lowest BCUT2D eigenvalue weighted by Crippen LogP contribution is -2.60. The summed E-state index contributed by atoms with van der Waals surface area (Å²) in [7, 11) is 1.50. The highest BCUT2D eigenvalue weighted by Gasteiger charge is 2.35. The van der Waals surface area contributed by atoms with Gasteiger partial charge in [0.15, 0.2) is 17.3 Å². The largest absolute Gasteiger partial charge is 0.465 e. The van der Waals surface area contributed by atoms with E-state index < -0.39 is 18.6 Å². The fourth-order valence-corrected chi connectivity index (χ4v) is 2.74. The third-order valence-electron chi connectivity index (χ3n) is 3.88. The second-order valence-electron chi connectivity index (χ2n) is 5.55. The number of carbonyl (C=O) groups excluding carboxylic acids is 1. The summed E-state index contributed by atoms with van der Waals surface area (Å²) >= 11 is 3.30. The molecule has 0 aromatic carbocycles. The molecule has 2 aromatic heterocycles. The molecule has 25 heavy (non-hydrogen) atoms. The van der Waals surface area contributed by atoms with Crippen molar-refractivity contribution in [3.8, 4) is 0 Å². The number of nitrogens with zero attached hydrogens (tertiary/aromatic N) is 5. The zero-order valence-electron chi connectivity index (χ0n) is 13.2. The Kier molecular flexibility index (Phi) is 4.68. The van der Waals surface area contributed by atoms with Crippen LogP contribution in [-0.2, 0) is 4.79 Å². The monoisotopic (exact) mass is 410 g/mol. The molecule has 10 nitrogen and oxygen atoms in total. The van der Waals surface area contributed by atoms with Gasteiger partial charge in [-0.1, -0.05) is 0 Å². The molecule has 3 N–H and O–H groups in total. The second-order valence-corrected chi connectivity index (χ2v) is 6.47. The van der Waals surface area contributed by atoms with Crippen molar-refractivity contribution < 1.29 is 19.8 Å². The van der Waals surface area contributed by atoms with Crippen LogP contribution < -0.4 is 10.2 Å². The van der Waals surface area contributed by atoms with Crippen LogP contribution in [-0.4, -0.2) is 74.9 Å². The topological polar surface area (TPSA) is 132 Å². The number of rotatable bonds is 4. The third kappa shape index (κ3) is 3.46. The van der Waals surface area contributed by atoms with E-state index >= 15 is 0 Å². The molecule has 3 rings (SSSR count). The third-order valence-corrected chi connectivity index (χ3v) is 4.32. The Morgan fingerprint density at radius 3 is 2.80 bits per heavy atom. The molecule has 0 saturated carbocycles. The quantitative estimate of drug-likeness (QED) is 0.664.